The van der Waals surface area contributed by atoms with Gasteiger partial charge in [0, 0.05) is 18.1 Å². The molecule has 0 saturated heterocycles. The second kappa shape index (κ2) is 6.60. The zero-order valence-corrected chi connectivity index (χ0v) is 12.8. The average Bonchev–Trinajstić information content (AvgIpc) is 3.07. The summed E-state index contributed by atoms with van der Waals surface area (Å²) in [5.74, 6) is 0.506. The number of hydrazone groups is 1. The van der Waals surface area contributed by atoms with Crippen molar-refractivity contribution in [3.63, 3.8) is 0 Å². The summed E-state index contributed by atoms with van der Waals surface area (Å²) in [5.41, 5.74) is 5.32. The van der Waals surface area contributed by atoms with Crippen molar-refractivity contribution in [3.8, 4) is 5.69 Å². The van der Waals surface area contributed by atoms with Gasteiger partial charge in [0.15, 0.2) is 0 Å². The first-order valence-electron chi connectivity index (χ1n) is 7.82. The van der Waals surface area contributed by atoms with Crippen LogP contribution in [0.1, 0.15) is 43.0 Å². The van der Waals surface area contributed by atoms with Crippen LogP contribution in [0.4, 0.5) is 0 Å². The maximum absolute atomic E-state index is 12.5. The number of carbonyl (C=O) groups is 1. The molecule has 0 radical (unpaired) electrons. The van der Waals surface area contributed by atoms with Crippen molar-refractivity contribution in [3.05, 3.63) is 54.4 Å². The highest BCUT2D eigenvalue weighted by molar-refractivity contribution is 5.98. The first kappa shape index (κ1) is 14.6. The van der Waals surface area contributed by atoms with E-state index in [2.05, 4.69) is 17.5 Å². The lowest BCUT2D eigenvalue weighted by atomic mass is 9.89. The predicted octanol–water partition coefficient (Wildman–Crippen LogP) is 3.77. The number of nitrogens with zero attached hydrogens (tertiary/aromatic N) is 2. The summed E-state index contributed by atoms with van der Waals surface area (Å²) in [5, 5.41) is 4.34. The highest BCUT2D eigenvalue weighted by Gasteiger charge is 2.15. The van der Waals surface area contributed by atoms with Crippen LogP contribution in [-0.2, 0) is 0 Å². The van der Waals surface area contributed by atoms with Gasteiger partial charge in [0.05, 0.1) is 11.3 Å². The van der Waals surface area contributed by atoms with E-state index < -0.39 is 0 Å². The number of benzene rings is 1. The Bertz CT molecular complexity index is 673. The van der Waals surface area contributed by atoms with Crippen LogP contribution in [0, 0.1) is 5.92 Å². The second-order valence-electron chi connectivity index (χ2n) is 5.93. The number of carbonyl (C=O) groups excluding carboxylic acids is 1. The number of rotatable bonds is 3. The van der Waals surface area contributed by atoms with Gasteiger partial charge in [0.1, 0.15) is 0 Å². The van der Waals surface area contributed by atoms with Gasteiger partial charge in [-0.2, -0.15) is 5.10 Å². The lowest BCUT2D eigenvalue weighted by Gasteiger charge is -2.19. The summed E-state index contributed by atoms with van der Waals surface area (Å²) in [6, 6.07) is 11.5. The van der Waals surface area contributed by atoms with Gasteiger partial charge in [-0.3, -0.25) is 4.79 Å². The molecular weight excluding hydrogens is 274 g/mol. The summed E-state index contributed by atoms with van der Waals surface area (Å²) in [7, 11) is 0. The Morgan fingerprint density at radius 1 is 1.23 bits per heavy atom. The fourth-order valence-corrected chi connectivity index (χ4v) is 2.94. The van der Waals surface area contributed by atoms with Gasteiger partial charge < -0.3 is 4.57 Å². The molecule has 114 valence electrons. The van der Waals surface area contributed by atoms with Crippen molar-refractivity contribution in [2.75, 3.05) is 0 Å². The molecule has 0 spiro atoms. The summed E-state index contributed by atoms with van der Waals surface area (Å²) < 4.78 is 1.94. The van der Waals surface area contributed by atoms with E-state index in [0.29, 0.717) is 11.5 Å². The molecule has 1 aromatic heterocycles. The molecule has 2 aromatic rings. The van der Waals surface area contributed by atoms with Crippen LogP contribution < -0.4 is 5.43 Å². The van der Waals surface area contributed by atoms with Crippen molar-refractivity contribution < 1.29 is 4.79 Å². The molecule has 1 aromatic carbocycles. The lowest BCUT2D eigenvalue weighted by Crippen LogP contribution is -2.23. The summed E-state index contributed by atoms with van der Waals surface area (Å²) in [4.78, 5) is 12.5. The van der Waals surface area contributed by atoms with E-state index in [1.54, 1.807) is 0 Å². The minimum absolute atomic E-state index is 0.157. The highest BCUT2D eigenvalue weighted by Crippen LogP contribution is 2.21. The molecule has 1 aliphatic carbocycles. The fraction of sp³-hybridized carbons (Fsp3) is 0.333. The van der Waals surface area contributed by atoms with Gasteiger partial charge in [-0.15, -0.1) is 0 Å². The zero-order chi connectivity index (χ0) is 15.4. The lowest BCUT2D eigenvalue weighted by molar-refractivity contribution is 0.0954. The van der Waals surface area contributed by atoms with Crippen LogP contribution in [0.5, 0.6) is 0 Å². The largest absolute Gasteiger partial charge is 0.323 e. The monoisotopic (exact) mass is 295 g/mol. The van der Waals surface area contributed by atoms with E-state index in [1.165, 1.54) is 6.42 Å². The van der Waals surface area contributed by atoms with Crippen molar-refractivity contribution in [2.45, 2.75) is 32.6 Å². The minimum atomic E-state index is -0.157. The molecule has 4 heteroatoms. The van der Waals surface area contributed by atoms with Crippen LogP contribution in [0.2, 0.25) is 0 Å². The third kappa shape index (κ3) is 3.27. The van der Waals surface area contributed by atoms with E-state index in [-0.39, 0.29) is 5.91 Å². The topological polar surface area (TPSA) is 46.4 Å². The molecule has 1 atom stereocenters. The van der Waals surface area contributed by atoms with Crippen LogP contribution in [0.25, 0.3) is 5.69 Å². The molecule has 1 fully saturated rings. The van der Waals surface area contributed by atoms with Gasteiger partial charge in [0.2, 0.25) is 0 Å². The first-order chi connectivity index (χ1) is 10.7. The standard InChI is InChI=1S/C18H21N3O/c1-14-7-6-8-15(13-14)19-20-18(22)16-9-2-3-10-17(16)21-11-4-5-12-21/h2-5,9-12,14H,6-8,13H2,1H3,(H,20,22)/b19-15+/t14-/m0/s1. The third-order valence-electron chi connectivity index (χ3n) is 4.09. The Labute approximate surface area is 130 Å². The predicted molar refractivity (Wildman–Crippen MR) is 88.3 cm³/mol. The quantitative estimate of drug-likeness (QED) is 0.861. The van der Waals surface area contributed by atoms with Crippen LogP contribution in [0.15, 0.2) is 53.9 Å². The third-order valence-corrected chi connectivity index (χ3v) is 4.09. The number of hydrogen-bond acceptors (Lipinski definition) is 2. The van der Waals surface area contributed by atoms with Crippen LogP contribution >= 0.6 is 0 Å². The smallest absolute Gasteiger partial charge is 0.273 e. The molecule has 1 amide bonds. The molecule has 4 nitrogen and oxygen atoms in total. The van der Waals surface area contributed by atoms with Gasteiger partial charge in [-0.05, 0) is 55.9 Å². The fourth-order valence-electron chi connectivity index (χ4n) is 2.94. The van der Waals surface area contributed by atoms with Crippen molar-refractivity contribution in [1.29, 1.82) is 0 Å². The normalized spacial score (nSPS) is 20.0. The van der Waals surface area contributed by atoms with Gasteiger partial charge in [-0.1, -0.05) is 19.1 Å². The Hall–Kier alpha value is -2.36. The van der Waals surface area contributed by atoms with Gasteiger partial charge in [0.25, 0.3) is 5.91 Å². The van der Waals surface area contributed by atoms with E-state index in [0.717, 1.165) is 30.7 Å². The first-order valence-corrected chi connectivity index (χ1v) is 7.82. The molecular formula is C18H21N3O. The molecule has 3 rings (SSSR count). The summed E-state index contributed by atoms with van der Waals surface area (Å²) in [6.45, 7) is 2.23. The number of aromatic nitrogens is 1. The van der Waals surface area contributed by atoms with Crippen LogP contribution in [-0.4, -0.2) is 16.2 Å². The maximum Gasteiger partial charge on any atom is 0.273 e. The Morgan fingerprint density at radius 2 is 2.00 bits per heavy atom. The molecule has 0 aliphatic heterocycles. The van der Waals surface area contributed by atoms with Crippen molar-refractivity contribution in [1.82, 2.24) is 9.99 Å². The van der Waals surface area contributed by atoms with E-state index in [4.69, 9.17) is 0 Å². The summed E-state index contributed by atoms with van der Waals surface area (Å²) in [6.07, 6.45) is 8.25. The van der Waals surface area contributed by atoms with E-state index in [1.807, 2.05) is 53.4 Å². The maximum atomic E-state index is 12.5. The summed E-state index contributed by atoms with van der Waals surface area (Å²) >= 11 is 0. The van der Waals surface area contributed by atoms with Crippen molar-refractivity contribution >= 4 is 11.6 Å². The van der Waals surface area contributed by atoms with Crippen LogP contribution in [0.3, 0.4) is 0 Å². The molecule has 1 N–H and O–H groups in total. The van der Waals surface area contributed by atoms with Crippen molar-refractivity contribution in [2.24, 2.45) is 11.0 Å². The molecule has 1 heterocycles. The van der Waals surface area contributed by atoms with E-state index in [9.17, 15) is 4.79 Å². The molecule has 1 aliphatic rings. The van der Waals surface area contributed by atoms with E-state index >= 15 is 0 Å². The number of para-hydroxylation sites is 1. The Kier molecular flexibility index (Phi) is 4.37. The second-order valence-corrected chi connectivity index (χ2v) is 5.93. The average molecular weight is 295 g/mol. The molecule has 22 heavy (non-hydrogen) atoms. The number of hydrogen-bond donors (Lipinski definition) is 1. The molecule has 0 bridgehead atoms. The Balaban J connectivity index is 1.77. The SMILES string of the molecule is C[C@H]1CCC/C(=N\NC(=O)c2ccccc2-n2cccc2)C1. The molecule has 0 unspecified atom stereocenters. The number of amides is 1. The Morgan fingerprint density at radius 3 is 2.77 bits per heavy atom. The zero-order valence-electron chi connectivity index (χ0n) is 12.8. The molecule has 1 saturated carbocycles. The minimum Gasteiger partial charge on any atom is -0.323 e. The number of nitrogens with one attached hydrogen (secondary N) is 1. The van der Waals surface area contributed by atoms with Gasteiger partial charge in [-0.25, -0.2) is 5.43 Å². The van der Waals surface area contributed by atoms with Gasteiger partial charge >= 0.3 is 0 Å². The highest BCUT2D eigenvalue weighted by atomic mass is 16.2.